The third-order valence-corrected chi connectivity index (χ3v) is 5.12. The monoisotopic (exact) mass is 360 g/mol. The van der Waals surface area contributed by atoms with Crippen LogP contribution in [-0.2, 0) is 11.3 Å². The molecule has 1 aliphatic rings. The number of ether oxygens (including phenoxy) is 1. The zero-order chi connectivity index (χ0) is 18.0. The van der Waals surface area contributed by atoms with Crippen LogP contribution in [0.5, 0.6) is 5.75 Å². The Labute approximate surface area is 152 Å². The fourth-order valence-electron chi connectivity index (χ4n) is 3.20. The van der Waals surface area contributed by atoms with Crippen LogP contribution < -0.4 is 10.1 Å². The lowest BCUT2D eigenvalue weighted by molar-refractivity contribution is -0.114. The average molecular weight is 360 g/mol. The van der Waals surface area contributed by atoms with Gasteiger partial charge in [0.15, 0.2) is 5.13 Å². The maximum absolute atomic E-state index is 11.1. The summed E-state index contributed by atoms with van der Waals surface area (Å²) in [6.45, 7) is 9.40. The summed E-state index contributed by atoms with van der Waals surface area (Å²) in [6, 6.07) is 4.42. The Morgan fingerprint density at radius 1 is 1.40 bits per heavy atom. The number of nitrogens with zero attached hydrogens (tertiary/aromatic N) is 3. The van der Waals surface area contributed by atoms with E-state index in [2.05, 4.69) is 27.1 Å². The van der Waals surface area contributed by atoms with Crippen LogP contribution in [0, 0.1) is 13.8 Å². The van der Waals surface area contributed by atoms with Gasteiger partial charge in [-0.05, 0) is 20.8 Å². The van der Waals surface area contributed by atoms with Gasteiger partial charge in [0.1, 0.15) is 11.9 Å². The molecule has 0 bridgehead atoms. The minimum absolute atomic E-state index is 0.0909. The molecule has 1 saturated heterocycles. The minimum Gasteiger partial charge on any atom is -0.489 e. The Balaban J connectivity index is 1.59. The summed E-state index contributed by atoms with van der Waals surface area (Å²) in [5.41, 5.74) is 1.96. The van der Waals surface area contributed by atoms with E-state index in [9.17, 15) is 4.79 Å². The SMILES string of the molecule is CC(=O)Nc1ncc(CN2C[C@@H](Oc3cc(C)nc(C)c3)C[C@H]2C)s1. The van der Waals surface area contributed by atoms with Crippen LogP contribution in [0.3, 0.4) is 0 Å². The highest BCUT2D eigenvalue weighted by atomic mass is 32.1. The fourth-order valence-corrected chi connectivity index (χ4v) is 4.08. The predicted octanol–water partition coefficient (Wildman–Crippen LogP) is 3.16. The first-order valence-electron chi connectivity index (χ1n) is 8.47. The molecule has 0 spiro atoms. The van der Waals surface area contributed by atoms with E-state index in [1.54, 1.807) is 0 Å². The number of hydrogen-bond donors (Lipinski definition) is 1. The van der Waals surface area contributed by atoms with Crippen molar-refractivity contribution >= 4 is 22.4 Å². The van der Waals surface area contributed by atoms with E-state index in [0.29, 0.717) is 11.2 Å². The Morgan fingerprint density at radius 3 is 2.80 bits per heavy atom. The number of likely N-dealkylation sites (tertiary alicyclic amines) is 1. The van der Waals surface area contributed by atoms with Crippen LogP contribution in [0.4, 0.5) is 5.13 Å². The van der Waals surface area contributed by atoms with Gasteiger partial charge in [0.05, 0.1) is 0 Å². The van der Waals surface area contributed by atoms with E-state index in [4.69, 9.17) is 4.74 Å². The molecule has 6 nitrogen and oxygen atoms in total. The van der Waals surface area contributed by atoms with Crippen LogP contribution in [0.25, 0.3) is 0 Å². The van der Waals surface area contributed by atoms with Gasteiger partial charge < -0.3 is 10.1 Å². The summed E-state index contributed by atoms with van der Waals surface area (Å²) in [5, 5.41) is 3.39. The predicted molar refractivity (Wildman–Crippen MR) is 99.0 cm³/mol. The molecule has 3 heterocycles. The van der Waals surface area contributed by atoms with Crippen molar-refractivity contribution in [3.05, 3.63) is 34.6 Å². The lowest BCUT2D eigenvalue weighted by Gasteiger charge is -2.19. The van der Waals surface area contributed by atoms with Gasteiger partial charge in [-0.2, -0.15) is 0 Å². The number of aromatic nitrogens is 2. The first-order chi connectivity index (χ1) is 11.9. The first-order valence-corrected chi connectivity index (χ1v) is 9.29. The molecule has 0 unspecified atom stereocenters. The lowest BCUT2D eigenvalue weighted by atomic mass is 10.2. The molecule has 134 valence electrons. The van der Waals surface area contributed by atoms with Crippen LogP contribution in [0.1, 0.15) is 36.5 Å². The molecule has 7 heteroatoms. The molecule has 0 aromatic carbocycles. The molecule has 3 rings (SSSR count). The average Bonchev–Trinajstić information content (AvgIpc) is 3.05. The smallest absolute Gasteiger partial charge is 0.223 e. The molecule has 25 heavy (non-hydrogen) atoms. The number of thiazole rings is 1. The van der Waals surface area contributed by atoms with Gasteiger partial charge in [0, 0.05) is 67.1 Å². The molecule has 1 aliphatic heterocycles. The molecule has 2 aromatic rings. The number of pyridine rings is 1. The second kappa shape index (κ2) is 7.49. The second-order valence-corrected chi connectivity index (χ2v) is 7.77. The highest BCUT2D eigenvalue weighted by Gasteiger charge is 2.30. The maximum Gasteiger partial charge on any atom is 0.223 e. The Kier molecular flexibility index (Phi) is 5.34. The van der Waals surface area contributed by atoms with Gasteiger partial charge in [-0.1, -0.05) is 0 Å². The van der Waals surface area contributed by atoms with Crippen LogP contribution in [-0.4, -0.2) is 39.5 Å². The van der Waals surface area contributed by atoms with Crippen LogP contribution in [0.15, 0.2) is 18.3 Å². The molecule has 0 aliphatic carbocycles. The van der Waals surface area contributed by atoms with Crippen LogP contribution >= 0.6 is 11.3 Å². The van der Waals surface area contributed by atoms with Crippen LogP contribution in [0.2, 0.25) is 0 Å². The van der Waals surface area contributed by atoms with E-state index >= 15 is 0 Å². The van der Waals surface area contributed by atoms with Crippen molar-refractivity contribution in [1.29, 1.82) is 0 Å². The van der Waals surface area contributed by atoms with Crippen molar-refractivity contribution in [1.82, 2.24) is 14.9 Å². The first kappa shape index (κ1) is 17.8. The molecule has 0 saturated carbocycles. The van der Waals surface area contributed by atoms with E-state index < -0.39 is 0 Å². The number of anilines is 1. The van der Waals surface area contributed by atoms with Gasteiger partial charge in [0.2, 0.25) is 5.91 Å². The Hall–Kier alpha value is -1.99. The quantitative estimate of drug-likeness (QED) is 0.887. The summed E-state index contributed by atoms with van der Waals surface area (Å²) >= 11 is 1.53. The maximum atomic E-state index is 11.1. The van der Waals surface area contributed by atoms with Crippen molar-refractivity contribution in [3.8, 4) is 5.75 Å². The van der Waals surface area contributed by atoms with E-state index in [1.165, 1.54) is 18.3 Å². The molecule has 2 atom stereocenters. The van der Waals surface area contributed by atoms with Gasteiger partial charge in [-0.15, -0.1) is 11.3 Å². The van der Waals surface area contributed by atoms with Gasteiger partial charge >= 0.3 is 0 Å². The topological polar surface area (TPSA) is 67.4 Å². The number of aryl methyl sites for hydroxylation is 2. The standard InChI is InChI=1S/C18H24N4O2S/c1-11-5-15(6-12(2)20-11)24-16-7-13(3)22(9-16)10-17-8-19-18(25-17)21-14(4)23/h5-6,8,13,16H,7,9-10H2,1-4H3,(H,19,21,23)/t13-,16+/m1/s1. The molecular formula is C18H24N4O2S. The number of carbonyl (C=O) groups is 1. The summed E-state index contributed by atoms with van der Waals surface area (Å²) in [4.78, 5) is 23.3. The molecule has 1 amide bonds. The Bertz CT molecular complexity index is 741. The summed E-state index contributed by atoms with van der Waals surface area (Å²) < 4.78 is 6.18. The third kappa shape index (κ3) is 4.76. The number of amides is 1. The molecule has 1 N–H and O–H groups in total. The van der Waals surface area contributed by atoms with Gasteiger partial charge in [0.25, 0.3) is 0 Å². The lowest BCUT2D eigenvalue weighted by Crippen LogP contribution is -2.27. The molecule has 2 aromatic heterocycles. The minimum atomic E-state index is -0.0909. The normalized spacial score (nSPS) is 20.6. The molecular weight excluding hydrogens is 336 g/mol. The zero-order valence-electron chi connectivity index (χ0n) is 15.1. The highest BCUT2D eigenvalue weighted by molar-refractivity contribution is 7.15. The number of carbonyl (C=O) groups excluding carboxylic acids is 1. The summed E-state index contributed by atoms with van der Waals surface area (Å²) in [7, 11) is 0. The van der Waals surface area contributed by atoms with E-state index in [-0.39, 0.29) is 12.0 Å². The number of nitrogens with one attached hydrogen (secondary N) is 1. The third-order valence-electron chi connectivity index (χ3n) is 4.22. The van der Waals surface area contributed by atoms with Crippen molar-refractivity contribution in [2.24, 2.45) is 0 Å². The second-order valence-electron chi connectivity index (χ2n) is 6.65. The van der Waals surface area contributed by atoms with Crippen molar-refractivity contribution in [3.63, 3.8) is 0 Å². The summed E-state index contributed by atoms with van der Waals surface area (Å²) in [6.07, 6.45) is 3.02. The van der Waals surface area contributed by atoms with E-state index in [0.717, 1.165) is 41.5 Å². The molecule has 0 radical (unpaired) electrons. The molecule has 1 fully saturated rings. The number of hydrogen-bond acceptors (Lipinski definition) is 6. The Morgan fingerprint density at radius 2 is 2.12 bits per heavy atom. The zero-order valence-corrected chi connectivity index (χ0v) is 15.9. The largest absolute Gasteiger partial charge is 0.489 e. The van der Waals surface area contributed by atoms with Gasteiger partial charge in [-0.3, -0.25) is 14.7 Å². The highest BCUT2D eigenvalue weighted by Crippen LogP contribution is 2.27. The van der Waals surface area contributed by atoms with Gasteiger partial charge in [-0.25, -0.2) is 4.98 Å². The van der Waals surface area contributed by atoms with Crippen molar-refractivity contribution in [2.45, 2.75) is 52.8 Å². The van der Waals surface area contributed by atoms with Crippen molar-refractivity contribution in [2.75, 3.05) is 11.9 Å². The summed E-state index contributed by atoms with van der Waals surface area (Å²) in [5.74, 6) is 0.807. The van der Waals surface area contributed by atoms with E-state index in [1.807, 2.05) is 32.2 Å². The fraction of sp³-hybridized carbons (Fsp3) is 0.500. The van der Waals surface area contributed by atoms with Crippen molar-refractivity contribution < 1.29 is 9.53 Å². The number of rotatable bonds is 5.